The van der Waals surface area contributed by atoms with Crippen molar-refractivity contribution in [3.8, 4) is 6.07 Å². The van der Waals surface area contributed by atoms with Crippen LogP contribution in [-0.4, -0.2) is 9.78 Å². The van der Waals surface area contributed by atoms with Crippen molar-refractivity contribution in [1.82, 2.24) is 9.78 Å². The molecule has 0 radical (unpaired) electrons. The first kappa shape index (κ1) is 11.2. The lowest BCUT2D eigenvalue weighted by Gasteiger charge is -2.07. The van der Waals surface area contributed by atoms with Crippen LogP contribution in [0.25, 0.3) is 0 Å². The number of hydrogen-bond acceptors (Lipinski definition) is 3. The molecular formula is C13H14N4. The third-order valence-corrected chi connectivity index (χ3v) is 2.54. The molecule has 2 aromatic rings. The lowest BCUT2D eigenvalue weighted by atomic mass is 10.1. The number of hydrogen-bond donors (Lipinski definition) is 1. The van der Waals surface area contributed by atoms with Crippen molar-refractivity contribution < 1.29 is 0 Å². The van der Waals surface area contributed by atoms with Gasteiger partial charge in [0.05, 0.1) is 17.4 Å². The summed E-state index contributed by atoms with van der Waals surface area (Å²) in [6, 6.07) is 7.93. The number of aromatic nitrogens is 2. The minimum absolute atomic E-state index is 0.666. The number of nitrogens with one attached hydrogen (secondary N) is 1. The molecule has 1 N–H and O–H groups in total. The summed E-state index contributed by atoms with van der Waals surface area (Å²) in [7, 11) is 1.89. The summed E-state index contributed by atoms with van der Waals surface area (Å²) >= 11 is 0. The molecule has 0 fully saturated rings. The van der Waals surface area contributed by atoms with Gasteiger partial charge >= 0.3 is 0 Å². The number of nitrogens with zero attached hydrogens (tertiary/aromatic N) is 3. The van der Waals surface area contributed by atoms with Crippen molar-refractivity contribution in [2.45, 2.75) is 13.5 Å². The van der Waals surface area contributed by atoms with Crippen molar-refractivity contribution in [1.29, 1.82) is 5.26 Å². The van der Waals surface area contributed by atoms with Crippen molar-refractivity contribution in [2.75, 3.05) is 5.32 Å². The van der Waals surface area contributed by atoms with Gasteiger partial charge in [-0.1, -0.05) is 6.07 Å². The molecule has 17 heavy (non-hydrogen) atoms. The average Bonchev–Trinajstić information content (AvgIpc) is 2.73. The summed E-state index contributed by atoms with van der Waals surface area (Å²) in [5.41, 5.74) is 3.77. The fourth-order valence-corrected chi connectivity index (χ4v) is 1.66. The molecule has 1 aromatic heterocycles. The van der Waals surface area contributed by atoms with Crippen LogP contribution in [0, 0.1) is 18.3 Å². The number of rotatable bonds is 3. The van der Waals surface area contributed by atoms with Gasteiger partial charge in [0.25, 0.3) is 0 Å². The Morgan fingerprint density at radius 1 is 1.47 bits per heavy atom. The van der Waals surface area contributed by atoms with E-state index in [1.807, 2.05) is 44.6 Å². The maximum Gasteiger partial charge on any atom is 0.101 e. The Morgan fingerprint density at radius 2 is 2.29 bits per heavy atom. The molecule has 1 heterocycles. The highest BCUT2D eigenvalue weighted by atomic mass is 15.2. The lowest BCUT2D eigenvalue weighted by Crippen LogP contribution is -2.00. The maximum absolute atomic E-state index is 9.00. The third kappa shape index (κ3) is 2.64. The van der Waals surface area contributed by atoms with E-state index >= 15 is 0 Å². The molecule has 0 spiro atoms. The molecule has 0 aliphatic carbocycles. The highest BCUT2D eigenvalue weighted by Gasteiger charge is 2.02. The number of aryl methyl sites for hydroxylation is 2. The van der Waals surface area contributed by atoms with E-state index in [1.54, 1.807) is 4.68 Å². The van der Waals surface area contributed by atoms with Gasteiger partial charge in [-0.05, 0) is 24.6 Å². The molecule has 4 nitrogen and oxygen atoms in total. The second-order valence-corrected chi connectivity index (χ2v) is 4.04. The Kier molecular flexibility index (Phi) is 3.10. The normalized spacial score (nSPS) is 9.94. The average molecular weight is 226 g/mol. The summed E-state index contributed by atoms with van der Waals surface area (Å²) in [5, 5.41) is 16.4. The lowest BCUT2D eigenvalue weighted by molar-refractivity contribution is 0.767. The SMILES string of the molecule is Cc1ccc(C#N)c(NCc2cnn(C)c2)c1. The molecule has 0 aliphatic rings. The largest absolute Gasteiger partial charge is 0.380 e. The molecule has 0 aliphatic heterocycles. The molecule has 86 valence electrons. The minimum Gasteiger partial charge on any atom is -0.380 e. The highest BCUT2D eigenvalue weighted by Crippen LogP contribution is 2.17. The van der Waals surface area contributed by atoms with Gasteiger partial charge in [-0.25, -0.2) is 0 Å². The quantitative estimate of drug-likeness (QED) is 0.873. The van der Waals surface area contributed by atoms with E-state index in [9.17, 15) is 0 Å². The zero-order chi connectivity index (χ0) is 12.3. The Bertz CT molecular complexity index is 563. The van der Waals surface area contributed by atoms with Gasteiger partial charge in [-0.15, -0.1) is 0 Å². The summed E-state index contributed by atoms with van der Waals surface area (Å²) < 4.78 is 1.76. The van der Waals surface area contributed by atoms with Crippen molar-refractivity contribution in [3.63, 3.8) is 0 Å². The van der Waals surface area contributed by atoms with E-state index in [0.717, 1.165) is 16.8 Å². The van der Waals surface area contributed by atoms with E-state index in [0.29, 0.717) is 12.1 Å². The Labute approximate surface area is 100 Å². The van der Waals surface area contributed by atoms with Crippen LogP contribution in [0.4, 0.5) is 5.69 Å². The Hall–Kier alpha value is -2.28. The fraction of sp³-hybridized carbons (Fsp3) is 0.231. The first-order valence-corrected chi connectivity index (χ1v) is 5.41. The molecule has 0 saturated carbocycles. The molecular weight excluding hydrogens is 212 g/mol. The van der Waals surface area contributed by atoms with Gasteiger partial charge in [-0.2, -0.15) is 10.4 Å². The molecule has 0 saturated heterocycles. The summed E-state index contributed by atoms with van der Waals surface area (Å²) in [6.07, 6.45) is 3.77. The van der Waals surface area contributed by atoms with Crippen LogP contribution >= 0.6 is 0 Å². The Morgan fingerprint density at radius 3 is 2.94 bits per heavy atom. The zero-order valence-corrected chi connectivity index (χ0v) is 9.94. The first-order valence-electron chi connectivity index (χ1n) is 5.41. The summed E-state index contributed by atoms with van der Waals surface area (Å²) in [6.45, 7) is 2.68. The van der Waals surface area contributed by atoms with Crippen LogP contribution in [0.5, 0.6) is 0 Å². The van der Waals surface area contributed by atoms with Crippen LogP contribution in [0.15, 0.2) is 30.6 Å². The van der Waals surface area contributed by atoms with Gasteiger partial charge in [0.1, 0.15) is 6.07 Å². The second-order valence-electron chi connectivity index (χ2n) is 4.04. The van der Waals surface area contributed by atoms with Crippen LogP contribution < -0.4 is 5.32 Å². The monoisotopic (exact) mass is 226 g/mol. The smallest absolute Gasteiger partial charge is 0.101 e. The van der Waals surface area contributed by atoms with Gasteiger partial charge < -0.3 is 5.32 Å². The van der Waals surface area contributed by atoms with Crippen molar-refractivity contribution in [2.24, 2.45) is 7.05 Å². The highest BCUT2D eigenvalue weighted by molar-refractivity contribution is 5.58. The maximum atomic E-state index is 9.00. The summed E-state index contributed by atoms with van der Waals surface area (Å²) in [4.78, 5) is 0. The van der Waals surface area contributed by atoms with Crippen LogP contribution in [0.3, 0.4) is 0 Å². The number of benzene rings is 1. The molecule has 4 heteroatoms. The molecule has 0 bridgehead atoms. The third-order valence-electron chi connectivity index (χ3n) is 2.54. The fourth-order valence-electron chi connectivity index (χ4n) is 1.66. The van der Waals surface area contributed by atoms with Gasteiger partial charge in [0.15, 0.2) is 0 Å². The standard InChI is InChI=1S/C13H14N4/c1-10-3-4-12(6-14)13(5-10)15-7-11-8-16-17(2)9-11/h3-5,8-9,15H,7H2,1-2H3. The van der Waals surface area contributed by atoms with E-state index < -0.39 is 0 Å². The molecule has 2 rings (SSSR count). The van der Waals surface area contributed by atoms with Gasteiger partial charge in [0.2, 0.25) is 0 Å². The van der Waals surface area contributed by atoms with Crippen LogP contribution in [0.1, 0.15) is 16.7 Å². The predicted octanol–water partition coefficient (Wildman–Crippen LogP) is 2.21. The topological polar surface area (TPSA) is 53.6 Å². The van der Waals surface area contributed by atoms with E-state index in [2.05, 4.69) is 16.5 Å². The minimum atomic E-state index is 0.666. The first-order chi connectivity index (χ1) is 8.19. The van der Waals surface area contributed by atoms with Crippen molar-refractivity contribution in [3.05, 3.63) is 47.3 Å². The molecule has 0 atom stereocenters. The van der Waals surface area contributed by atoms with Crippen molar-refractivity contribution >= 4 is 5.69 Å². The van der Waals surface area contributed by atoms with Gasteiger partial charge in [-0.3, -0.25) is 4.68 Å². The summed E-state index contributed by atoms with van der Waals surface area (Å²) in [5.74, 6) is 0. The van der Waals surface area contributed by atoms with Crippen LogP contribution in [0.2, 0.25) is 0 Å². The number of nitriles is 1. The Balaban J connectivity index is 2.13. The predicted molar refractivity (Wildman–Crippen MR) is 66.4 cm³/mol. The molecule has 1 aromatic carbocycles. The van der Waals surface area contributed by atoms with E-state index in [1.165, 1.54) is 0 Å². The van der Waals surface area contributed by atoms with Crippen LogP contribution in [-0.2, 0) is 13.6 Å². The molecule has 0 amide bonds. The van der Waals surface area contributed by atoms with Gasteiger partial charge in [0, 0.05) is 25.4 Å². The second kappa shape index (κ2) is 4.71. The zero-order valence-electron chi connectivity index (χ0n) is 9.94. The van der Waals surface area contributed by atoms with E-state index in [4.69, 9.17) is 5.26 Å². The number of anilines is 1. The molecule has 0 unspecified atom stereocenters. The van der Waals surface area contributed by atoms with E-state index in [-0.39, 0.29) is 0 Å².